The average molecular weight is 563 g/mol. The molecule has 2 saturated heterocycles. The van der Waals surface area contributed by atoms with E-state index in [2.05, 4.69) is 4.90 Å². The number of anilines is 2. The number of hydrogen-bond acceptors (Lipinski definition) is 6. The fourth-order valence-corrected chi connectivity index (χ4v) is 7.86. The number of piperazine rings is 2. The van der Waals surface area contributed by atoms with Gasteiger partial charge in [-0.1, -0.05) is 13.8 Å². The van der Waals surface area contributed by atoms with Gasteiger partial charge >= 0.3 is 6.18 Å². The number of alkyl halides is 3. The van der Waals surface area contributed by atoms with Crippen LogP contribution < -0.4 is 9.80 Å². The van der Waals surface area contributed by atoms with Crippen molar-refractivity contribution in [1.82, 2.24) is 9.21 Å². The van der Waals surface area contributed by atoms with E-state index in [-0.39, 0.29) is 41.4 Å². The van der Waals surface area contributed by atoms with Crippen molar-refractivity contribution in [2.24, 2.45) is 5.92 Å². The Morgan fingerprint density at radius 1 is 1.00 bits per heavy atom. The van der Waals surface area contributed by atoms with Gasteiger partial charge in [0.05, 0.1) is 10.6 Å². The van der Waals surface area contributed by atoms with Crippen molar-refractivity contribution in [3.63, 3.8) is 0 Å². The number of halogens is 4. The highest BCUT2D eigenvalue weighted by molar-refractivity contribution is 7.91. The van der Waals surface area contributed by atoms with Crippen LogP contribution in [0.5, 0.6) is 0 Å². The summed E-state index contributed by atoms with van der Waals surface area (Å²) in [4.78, 5) is 17.6. The highest BCUT2D eigenvalue weighted by Gasteiger charge is 2.39. The molecule has 13 heteroatoms. The Bertz CT molecular complexity index is 1240. The van der Waals surface area contributed by atoms with Crippen LogP contribution in [0.25, 0.3) is 0 Å². The SMILES string of the molecule is CC(C)C(=O)N1CCN(c2ccc(S(=O)(=O)N3CCN(c4ccc(F)cc4C(F)(F)F)C[C@H]3C)s2)CC1. The summed E-state index contributed by atoms with van der Waals surface area (Å²) in [7, 11) is -3.86. The third-order valence-corrected chi connectivity index (χ3v) is 10.3. The van der Waals surface area contributed by atoms with E-state index in [1.54, 1.807) is 19.1 Å². The van der Waals surface area contributed by atoms with Gasteiger partial charge in [0.15, 0.2) is 0 Å². The Kier molecular flexibility index (Phi) is 7.78. The summed E-state index contributed by atoms with van der Waals surface area (Å²) in [6.07, 6.45) is -4.73. The van der Waals surface area contributed by atoms with E-state index in [1.165, 1.54) is 9.21 Å². The van der Waals surface area contributed by atoms with Crippen LogP contribution in [0.1, 0.15) is 26.3 Å². The molecule has 2 aliphatic rings. The molecule has 3 heterocycles. The van der Waals surface area contributed by atoms with Crippen molar-refractivity contribution in [3.8, 4) is 0 Å². The monoisotopic (exact) mass is 562 g/mol. The smallest absolute Gasteiger partial charge is 0.368 e. The van der Waals surface area contributed by atoms with E-state index in [1.807, 2.05) is 18.7 Å². The maximum Gasteiger partial charge on any atom is 0.418 e. The summed E-state index contributed by atoms with van der Waals surface area (Å²) in [5.41, 5.74) is -1.24. The van der Waals surface area contributed by atoms with Crippen LogP contribution in [0, 0.1) is 11.7 Å². The number of hydrogen-bond donors (Lipinski definition) is 0. The molecule has 2 aromatic rings. The first kappa shape index (κ1) is 27.6. The number of thiophene rings is 1. The predicted molar refractivity (Wildman–Crippen MR) is 135 cm³/mol. The zero-order chi connectivity index (χ0) is 27.1. The highest BCUT2D eigenvalue weighted by Crippen LogP contribution is 2.39. The number of sulfonamides is 1. The van der Waals surface area contributed by atoms with E-state index in [0.717, 1.165) is 28.5 Å². The molecule has 204 valence electrons. The second-order valence-corrected chi connectivity index (χ2v) is 12.8. The summed E-state index contributed by atoms with van der Waals surface area (Å²) in [6, 6.07) is 5.25. The molecule has 0 unspecified atom stereocenters. The van der Waals surface area contributed by atoms with Gasteiger partial charge in [0.25, 0.3) is 10.0 Å². The van der Waals surface area contributed by atoms with Gasteiger partial charge in [0.2, 0.25) is 5.91 Å². The first-order valence-electron chi connectivity index (χ1n) is 12.1. The molecule has 1 aromatic carbocycles. The molecule has 37 heavy (non-hydrogen) atoms. The van der Waals surface area contributed by atoms with Crippen molar-refractivity contribution < 1.29 is 30.8 Å². The average Bonchev–Trinajstić information content (AvgIpc) is 3.34. The normalized spacial score (nSPS) is 20.1. The van der Waals surface area contributed by atoms with Crippen molar-refractivity contribution in [2.75, 3.05) is 55.6 Å². The van der Waals surface area contributed by atoms with Crippen LogP contribution in [-0.4, -0.2) is 75.4 Å². The number of nitrogens with zero attached hydrogens (tertiary/aromatic N) is 4. The van der Waals surface area contributed by atoms with E-state index in [9.17, 15) is 30.8 Å². The highest BCUT2D eigenvalue weighted by atomic mass is 32.2. The topological polar surface area (TPSA) is 64.2 Å². The van der Waals surface area contributed by atoms with E-state index >= 15 is 0 Å². The zero-order valence-electron chi connectivity index (χ0n) is 20.8. The zero-order valence-corrected chi connectivity index (χ0v) is 22.5. The minimum atomic E-state index is -4.73. The number of carbonyl (C=O) groups is 1. The molecule has 0 spiro atoms. The standard InChI is InChI=1S/C24H30F4N4O3S2/c1-16(2)23(33)30-10-8-29(9-11-30)21-6-7-22(36-21)37(34,35)32-13-12-31(15-17(32)3)20-5-4-18(25)14-19(20)24(26,27)28/h4-7,14,16-17H,8-13,15H2,1-3H3/t17-/m1/s1. The van der Waals surface area contributed by atoms with Gasteiger partial charge < -0.3 is 14.7 Å². The van der Waals surface area contributed by atoms with Gasteiger partial charge in [-0.2, -0.15) is 17.5 Å². The van der Waals surface area contributed by atoms with Crippen molar-refractivity contribution in [2.45, 2.75) is 37.2 Å². The number of rotatable bonds is 5. The van der Waals surface area contributed by atoms with Gasteiger partial charge in [-0.25, -0.2) is 12.8 Å². The van der Waals surface area contributed by atoms with Crippen LogP contribution in [0.4, 0.5) is 28.3 Å². The molecule has 2 aliphatic heterocycles. The molecule has 1 atom stereocenters. The fourth-order valence-electron chi connectivity index (χ4n) is 4.77. The number of carbonyl (C=O) groups excluding carboxylic acids is 1. The molecule has 0 radical (unpaired) electrons. The molecule has 0 saturated carbocycles. The lowest BCUT2D eigenvalue weighted by molar-refractivity contribution is -0.137. The van der Waals surface area contributed by atoms with Gasteiger partial charge in [-0.05, 0) is 37.3 Å². The molecular formula is C24H30F4N4O3S2. The number of benzene rings is 1. The lowest BCUT2D eigenvalue weighted by Crippen LogP contribution is -2.54. The predicted octanol–water partition coefficient (Wildman–Crippen LogP) is 4.11. The van der Waals surface area contributed by atoms with Crippen molar-refractivity contribution >= 4 is 38.0 Å². The van der Waals surface area contributed by atoms with Gasteiger partial charge in [-0.3, -0.25) is 4.79 Å². The quantitative estimate of drug-likeness (QED) is 0.514. The second-order valence-electron chi connectivity index (χ2n) is 9.63. The molecule has 2 fully saturated rings. The molecule has 0 aliphatic carbocycles. The molecule has 4 rings (SSSR count). The minimum Gasteiger partial charge on any atom is -0.368 e. The lowest BCUT2D eigenvalue weighted by atomic mass is 10.1. The van der Waals surface area contributed by atoms with Crippen LogP contribution in [0.15, 0.2) is 34.5 Å². The summed E-state index contributed by atoms with van der Waals surface area (Å²) < 4.78 is 82.4. The summed E-state index contributed by atoms with van der Waals surface area (Å²) in [5, 5.41) is 0.794. The molecule has 1 amide bonds. The lowest BCUT2D eigenvalue weighted by Gasteiger charge is -2.40. The van der Waals surface area contributed by atoms with Gasteiger partial charge in [0, 0.05) is 63.5 Å². The Morgan fingerprint density at radius 3 is 2.24 bits per heavy atom. The Balaban J connectivity index is 1.45. The maximum absolute atomic E-state index is 13.5. The maximum atomic E-state index is 13.5. The van der Waals surface area contributed by atoms with E-state index in [4.69, 9.17) is 0 Å². The second kappa shape index (κ2) is 10.4. The third-order valence-electron chi connectivity index (χ3n) is 6.70. The molecule has 0 N–H and O–H groups in total. The van der Waals surface area contributed by atoms with E-state index < -0.39 is 33.6 Å². The first-order valence-corrected chi connectivity index (χ1v) is 14.3. The Morgan fingerprint density at radius 2 is 1.65 bits per heavy atom. The molecule has 0 bridgehead atoms. The number of amides is 1. The van der Waals surface area contributed by atoms with Crippen LogP contribution in [0.2, 0.25) is 0 Å². The third kappa shape index (κ3) is 5.73. The van der Waals surface area contributed by atoms with Crippen molar-refractivity contribution in [3.05, 3.63) is 41.7 Å². The molecular weight excluding hydrogens is 532 g/mol. The van der Waals surface area contributed by atoms with E-state index in [0.29, 0.717) is 32.2 Å². The Hall–Kier alpha value is -2.38. The first-order chi connectivity index (χ1) is 17.3. The van der Waals surface area contributed by atoms with Crippen LogP contribution >= 0.6 is 11.3 Å². The van der Waals surface area contributed by atoms with Crippen LogP contribution in [-0.2, 0) is 21.0 Å². The Labute approximate surface area is 218 Å². The van der Waals surface area contributed by atoms with Crippen LogP contribution in [0.3, 0.4) is 0 Å². The van der Waals surface area contributed by atoms with Gasteiger partial charge in [0.1, 0.15) is 10.0 Å². The molecule has 1 aromatic heterocycles. The minimum absolute atomic E-state index is 0.00138. The largest absolute Gasteiger partial charge is 0.418 e. The van der Waals surface area contributed by atoms with Crippen molar-refractivity contribution in [1.29, 1.82) is 0 Å². The molecule has 7 nitrogen and oxygen atoms in total. The summed E-state index contributed by atoms with van der Waals surface area (Å²) >= 11 is 1.15. The fraction of sp³-hybridized carbons (Fsp3) is 0.542. The van der Waals surface area contributed by atoms with Gasteiger partial charge in [-0.15, -0.1) is 11.3 Å². The summed E-state index contributed by atoms with van der Waals surface area (Å²) in [5.74, 6) is -0.951. The summed E-state index contributed by atoms with van der Waals surface area (Å²) in [6.45, 7) is 7.81.